The molecule has 3 aromatic rings. The molecule has 5 rings (SSSR count). The molecule has 0 saturated carbocycles. The third kappa shape index (κ3) is 3.90. The molecule has 1 fully saturated rings. The molecule has 2 aliphatic heterocycles. The molecule has 1 amide bonds. The van der Waals surface area contributed by atoms with E-state index in [1.165, 1.54) is 0 Å². The largest absolute Gasteiger partial charge is 0.497 e. The molecule has 1 aromatic heterocycles. The van der Waals surface area contributed by atoms with Gasteiger partial charge in [-0.3, -0.25) is 14.5 Å². The number of methoxy groups -OCH3 is 1. The van der Waals surface area contributed by atoms with Gasteiger partial charge in [0.05, 0.1) is 37.3 Å². The van der Waals surface area contributed by atoms with E-state index in [2.05, 4.69) is 4.90 Å². The smallest absolute Gasteiger partial charge is 0.290 e. The fourth-order valence-electron chi connectivity index (χ4n) is 4.58. The summed E-state index contributed by atoms with van der Waals surface area (Å²) in [5.41, 5.74) is 2.12. The number of fused-ring (bicyclic) bond motifs is 2. The summed E-state index contributed by atoms with van der Waals surface area (Å²) in [6.45, 7) is 6.00. The Balaban J connectivity index is 1.61. The van der Waals surface area contributed by atoms with Crippen molar-refractivity contribution >= 4 is 28.5 Å². The zero-order valence-corrected chi connectivity index (χ0v) is 19.4. The Morgan fingerprint density at radius 2 is 1.82 bits per heavy atom. The highest BCUT2D eigenvalue weighted by molar-refractivity contribution is 6.32. The van der Waals surface area contributed by atoms with E-state index in [-0.39, 0.29) is 17.1 Å². The number of carbonyl (C=O) groups excluding carboxylic acids is 1. The number of carbonyl (C=O) groups is 1. The van der Waals surface area contributed by atoms with Gasteiger partial charge < -0.3 is 18.8 Å². The summed E-state index contributed by atoms with van der Waals surface area (Å²) in [5.74, 6) is 0.540. The van der Waals surface area contributed by atoms with E-state index in [0.29, 0.717) is 53.6 Å². The van der Waals surface area contributed by atoms with E-state index in [1.807, 2.05) is 31.2 Å². The van der Waals surface area contributed by atoms with Crippen molar-refractivity contribution in [2.45, 2.75) is 13.0 Å². The molecule has 1 unspecified atom stereocenters. The quantitative estimate of drug-likeness (QED) is 0.569. The number of amides is 1. The molecule has 3 heterocycles. The van der Waals surface area contributed by atoms with Crippen LogP contribution in [0, 0.1) is 6.92 Å². The second kappa shape index (κ2) is 8.82. The molecule has 0 spiro atoms. The number of aryl methyl sites for hydroxylation is 1. The van der Waals surface area contributed by atoms with Crippen LogP contribution in [0.4, 0.5) is 0 Å². The molecular formula is C25H25ClN2O5. The number of rotatable bonds is 5. The van der Waals surface area contributed by atoms with Crippen molar-refractivity contribution in [1.82, 2.24) is 9.80 Å². The number of hydrogen-bond acceptors (Lipinski definition) is 6. The topological polar surface area (TPSA) is 72.2 Å². The Bertz CT molecular complexity index is 1260. The lowest BCUT2D eigenvalue weighted by molar-refractivity contribution is 0.0314. The first-order chi connectivity index (χ1) is 16.0. The zero-order chi connectivity index (χ0) is 23.1. The van der Waals surface area contributed by atoms with Gasteiger partial charge in [-0.25, -0.2) is 0 Å². The van der Waals surface area contributed by atoms with Crippen molar-refractivity contribution in [3.8, 4) is 5.75 Å². The molecule has 33 heavy (non-hydrogen) atoms. The predicted octanol–water partition coefficient (Wildman–Crippen LogP) is 3.64. The Kier molecular flexibility index (Phi) is 5.86. The van der Waals surface area contributed by atoms with Crippen molar-refractivity contribution in [1.29, 1.82) is 0 Å². The predicted molar refractivity (Wildman–Crippen MR) is 125 cm³/mol. The minimum absolute atomic E-state index is 0.108. The summed E-state index contributed by atoms with van der Waals surface area (Å²) in [5, 5.41) is 0.870. The van der Waals surface area contributed by atoms with Crippen molar-refractivity contribution in [3.63, 3.8) is 0 Å². The van der Waals surface area contributed by atoms with Gasteiger partial charge in [0, 0.05) is 31.2 Å². The summed E-state index contributed by atoms with van der Waals surface area (Å²) >= 11 is 6.30. The highest BCUT2D eigenvalue weighted by Gasteiger charge is 2.42. The van der Waals surface area contributed by atoms with Crippen molar-refractivity contribution in [3.05, 3.63) is 74.1 Å². The highest BCUT2D eigenvalue weighted by atomic mass is 35.5. The maximum Gasteiger partial charge on any atom is 0.290 e. The van der Waals surface area contributed by atoms with Crippen molar-refractivity contribution in [2.75, 3.05) is 46.5 Å². The second-order valence-corrected chi connectivity index (χ2v) is 8.81. The molecule has 7 nitrogen and oxygen atoms in total. The molecular weight excluding hydrogens is 444 g/mol. The Labute approximate surface area is 196 Å². The van der Waals surface area contributed by atoms with Gasteiger partial charge in [0.2, 0.25) is 5.76 Å². The molecule has 172 valence electrons. The summed E-state index contributed by atoms with van der Waals surface area (Å²) in [6.07, 6.45) is 0. The molecule has 0 N–H and O–H groups in total. The van der Waals surface area contributed by atoms with Crippen LogP contribution in [0.2, 0.25) is 5.02 Å². The van der Waals surface area contributed by atoms with Gasteiger partial charge in [-0.2, -0.15) is 0 Å². The number of nitrogens with zero attached hydrogens (tertiary/aromatic N) is 2. The lowest BCUT2D eigenvalue weighted by atomic mass is 9.98. The lowest BCUT2D eigenvalue weighted by Crippen LogP contribution is -2.42. The first kappa shape index (κ1) is 21.9. The van der Waals surface area contributed by atoms with Crippen LogP contribution in [0.5, 0.6) is 5.75 Å². The summed E-state index contributed by atoms with van der Waals surface area (Å²) in [6, 6.07) is 10.2. The van der Waals surface area contributed by atoms with Crippen LogP contribution >= 0.6 is 11.6 Å². The summed E-state index contributed by atoms with van der Waals surface area (Å²) in [4.78, 5) is 31.2. The van der Waals surface area contributed by atoms with E-state index in [9.17, 15) is 9.59 Å². The molecule has 1 atom stereocenters. The van der Waals surface area contributed by atoms with Crippen LogP contribution in [-0.4, -0.2) is 62.2 Å². The minimum atomic E-state index is -0.542. The Hall–Kier alpha value is -2.87. The van der Waals surface area contributed by atoms with E-state index < -0.39 is 6.04 Å². The minimum Gasteiger partial charge on any atom is -0.497 e. The molecule has 2 aromatic carbocycles. The Morgan fingerprint density at radius 1 is 1.09 bits per heavy atom. The van der Waals surface area contributed by atoms with Crippen LogP contribution in [0.15, 0.2) is 45.6 Å². The average molecular weight is 469 g/mol. The maximum absolute atomic E-state index is 13.6. The number of benzene rings is 2. The SMILES string of the molecule is COc1ccc(C2c3c(oc4cc(C)c(Cl)cc4c3=O)C(=O)N2CCN2CCOCC2)cc1. The van der Waals surface area contributed by atoms with Gasteiger partial charge in [0.15, 0.2) is 5.43 Å². The Morgan fingerprint density at radius 3 is 2.52 bits per heavy atom. The number of ether oxygens (including phenoxy) is 2. The molecule has 8 heteroatoms. The fraction of sp³-hybridized carbons (Fsp3) is 0.360. The normalized spacial score (nSPS) is 18.7. The molecule has 0 aliphatic carbocycles. The van der Waals surface area contributed by atoms with Gasteiger partial charge in [0.25, 0.3) is 5.91 Å². The molecule has 1 saturated heterocycles. The van der Waals surface area contributed by atoms with Crippen LogP contribution in [0.3, 0.4) is 0 Å². The van der Waals surface area contributed by atoms with Gasteiger partial charge in [-0.15, -0.1) is 0 Å². The molecule has 0 radical (unpaired) electrons. The standard InChI is InChI=1S/C25H25ClN2O5/c1-15-13-20-18(14-19(15)26)23(29)21-22(16-3-5-17(31-2)6-4-16)28(25(30)24(21)33-20)8-7-27-9-11-32-12-10-27/h3-6,13-14,22H,7-12H2,1-2H3. The van der Waals surface area contributed by atoms with Crippen LogP contribution in [0.1, 0.15) is 33.3 Å². The number of morpholine rings is 1. The van der Waals surface area contributed by atoms with E-state index >= 15 is 0 Å². The second-order valence-electron chi connectivity index (χ2n) is 8.40. The zero-order valence-electron chi connectivity index (χ0n) is 18.6. The van der Waals surface area contributed by atoms with Gasteiger partial charge in [0.1, 0.15) is 11.3 Å². The molecule has 0 bridgehead atoms. The van der Waals surface area contributed by atoms with E-state index in [1.54, 1.807) is 24.1 Å². The number of halogens is 1. The lowest BCUT2D eigenvalue weighted by Gasteiger charge is -2.31. The summed E-state index contributed by atoms with van der Waals surface area (Å²) in [7, 11) is 1.60. The highest BCUT2D eigenvalue weighted by Crippen LogP contribution is 2.39. The average Bonchev–Trinajstić information content (AvgIpc) is 3.11. The van der Waals surface area contributed by atoms with Crippen molar-refractivity contribution in [2.24, 2.45) is 0 Å². The van der Waals surface area contributed by atoms with E-state index in [4.69, 9.17) is 25.5 Å². The van der Waals surface area contributed by atoms with Crippen LogP contribution in [0.25, 0.3) is 11.0 Å². The van der Waals surface area contributed by atoms with E-state index in [0.717, 1.165) is 24.2 Å². The monoisotopic (exact) mass is 468 g/mol. The molecule has 2 aliphatic rings. The maximum atomic E-state index is 13.6. The van der Waals surface area contributed by atoms with Crippen molar-refractivity contribution < 1.29 is 18.7 Å². The first-order valence-electron chi connectivity index (χ1n) is 11.0. The third-order valence-corrected chi connectivity index (χ3v) is 6.85. The number of hydrogen-bond donors (Lipinski definition) is 0. The van der Waals surface area contributed by atoms with Gasteiger partial charge >= 0.3 is 0 Å². The first-order valence-corrected chi connectivity index (χ1v) is 11.4. The van der Waals surface area contributed by atoms with Gasteiger partial charge in [-0.1, -0.05) is 23.7 Å². The van der Waals surface area contributed by atoms with Crippen LogP contribution in [-0.2, 0) is 4.74 Å². The van der Waals surface area contributed by atoms with Crippen LogP contribution < -0.4 is 10.2 Å². The summed E-state index contributed by atoms with van der Waals surface area (Å²) < 4.78 is 16.8. The fourth-order valence-corrected chi connectivity index (χ4v) is 4.74. The third-order valence-electron chi connectivity index (χ3n) is 6.44. The van der Waals surface area contributed by atoms with Gasteiger partial charge in [-0.05, 0) is 42.3 Å².